The largest absolute Gasteiger partial charge is 0.496 e. The van der Waals surface area contributed by atoms with Crippen LogP contribution in [0, 0.1) is 0 Å². The number of aliphatic carboxylic acids is 1. The third kappa shape index (κ3) is 3.00. The summed E-state index contributed by atoms with van der Waals surface area (Å²) in [6.07, 6.45) is 0. The van der Waals surface area contributed by atoms with E-state index in [0.717, 1.165) is 21.3 Å². The lowest BCUT2D eigenvalue weighted by molar-refractivity contribution is -0.138. The van der Waals surface area contributed by atoms with Gasteiger partial charge in [0.25, 0.3) is 0 Å². The first-order chi connectivity index (χ1) is 7.88. The van der Waals surface area contributed by atoms with E-state index in [0.29, 0.717) is 0 Å². The lowest BCUT2D eigenvalue weighted by Crippen LogP contribution is -2.12. The predicted octanol–water partition coefficient (Wildman–Crippen LogP) is 3.77. The van der Waals surface area contributed by atoms with E-state index in [2.05, 4.69) is 15.9 Å². The number of methoxy groups -OCH3 is 1. The summed E-state index contributed by atoms with van der Waals surface area (Å²) in [6.45, 7) is 5.75. The van der Waals surface area contributed by atoms with Gasteiger partial charge < -0.3 is 9.84 Å². The highest BCUT2D eigenvalue weighted by molar-refractivity contribution is 9.10. The fraction of sp³-hybridized carbons (Fsp3) is 0.462. The van der Waals surface area contributed by atoms with Crippen LogP contribution in [0.3, 0.4) is 0 Å². The minimum atomic E-state index is -0.827. The van der Waals surface area contributed by atoms with Gasteiger partial charge >= 0.3 is 5.97 Å². The zero-order chi connectivity index (χ0) is 13.2. The topological polar surface area (TPSA) is 46.5 Å². The van der Waals surface area contributed by atoms with Crippen molar-refractivity contribution in [2.24, 2.45) is 0 Å². The van der Waals surface area contributed by atoms with Crippen LogP contribution in [0.2, 0.25) is 0 Å². The molecule has 4 heteroatoms. The van der Waals surface area contributed by atoms with Gasteiger partial charge in [0, 0.05) is 10.0 Å². The third-order valence-corrected chi connectivity index (χ3v) is 3.23. The molecule has 0 heterocycles. The standard InChI is InChI=1S/C13H17BrO3/c1-7(2)12-10(8(3)13(15)16)5-9(14)6-11(12)17-4/h5-8H,1-4H3,(H,15,16). The van der Waals surface area contributed by atoms with E-state index >= 15 is 0 Å². The maximum Gasteiger partial charge on any atom is 0.310 e. The Hall–Kier alpha value is -1.03. The third-order valence-electron chi connectivity index (χ3n) is 2.77. The van der Waals surface area contributed by atoms with E-state index in [1.165, 1.54) is 0 Å². The summed E-state index contributed by atoms with van der Waals surface area (Å²) in [4.78, 5) is 11.1. The van der Waals surface area contributed by atoms with Crippen LogP contribution in [0.15, 0.2) is 16.6 Å². The molecule has 1 unspecified atom stereocenters. The summed E-state index contributed by atoms with van der Waals surface area (Å²) in [5.74, 6) is -0.418. The van der Waals surface area contributed by atoms with Gasteiger partial charge in [-0.15, -0.1) is 0 Å². The average molecular weight is 301 g/mol. The molecule has 0 aromatic heterocycles. The second kappa shape index (κ2) is 5.54. The fourth-order valence-corrected chi connectivity index (χ4v) is 2.35. The van der Waals surface area contributed by atoms with Gasteiger partial charge in [-0.1, -0.05) is 29.8 Å². The Labute approximate surface area is 110 Å². The van der Waals surface area contributed by atoms with E-state index < -0.39 is 11.9 Å². The first-order valence-corrected chi connectivity index (χ1v) is 6.27. The molecule has 1 aromatic carbocycles. The van der Waals surface area contributed by atoms with Gasteiger partial charge in [0.2, 0.25) is 0 Å². The van der Waals surface area contributed by atoms with Crippen LogP contribution < -0.4 is 4.74 Å². The molecule has 0 saturated heterocycles. The van der Waals surface area contributed by atoms with Gasteiger partial charge in [-0.3, -0.25) is 4.79 Å². The molecule has 94 valence electrons. The Kier molecular flexibility index (Phi) is 4.57. The number of halogens is 1. The van der Waals surface area contributed by atoms with Crippen LogP contribution in [-0.4, -0.2) is 18.2 Å². The minimum absolute atomic E-state index is 0.217. The highest BCUT2D eigenvalue weighted by Crippen LogP contribution is 2.36. The number of carbonyl (C=O) groups is 1. The van der Waals surface area contributed by atoms with Gasteiger partial charge in [-0.25, -0.2) is 0 Å². The van der Waals surface area contributed by atoms with Crippen molar-refractivity contribution in [3.05, 3.63) is 27.7 Å². The summed E-state index contributed by atoms with van der Waals surface area (Å²) in [6, 6.07) is 3.73. The molecular formula is C13H17BrO3. The number of hydrogen-bond donors (Lipinski definition) is 1. The van der Waals surface area contributed by atoms with Crippen LogP contribution in [0.1, 0.15) is 43.7 Å². The molecule has 0 bridgehead atoms. The van der Waals surface area contributed by atoms with Gasteiger partial charge in [0.05, 0.1) is 13.0 Å². The van der Waals surface area contributed by atoms with Crippen LogP contribution >= 0.6 is 15.9 Å². The first kappa shape index (κ1) is 14.0. The molecule has 0 aliphatic carbocycles. The van der Waals surface area contributed by atoms with Gasteiger partial charge in [-0.2, -0.15) is 0 Å². The Bertz CT molecular complexity index is 427. The monoisotopic (exact) mass is 300 g/mol. The summed E-state index contributed by atoms with van der Waals surface area (Å²) < 4.78 is 6.17. The van der Waals surface area contributed by atoms with E-state index in [9.17, 15) is 4.79 Å². The maximum absolute atomic E-state index is 11.1. The van der Waals surface area contributed by atoms with Crippen molar-refractivity contribution in [1.29, 1.82) is 0 Å². The van der Waals surface area contributed by atoms with Crippen LogP contribution in [-0.2, 0) is 4.79 Å². The quantitative estimate of drug-likeness (QED) is 0.921. The summed E-state index contributed by atoms with van der Waals surface area (Å²) >= 11 is 3.38. The zero-order valence-corrected chi connectivity index (χ0v) is 12.0. The Balaban J connectivity index is 3.45. The molecule has 1 N–H and O–H groups in total. The van der Waals surface area contributed by atoms with Crippen molar-refractivity contribution in [3.8, 4) is 5.75 Å². The molecule has 0 spiro atoms. The lowest BCUT2D eigenvalue weighted by atomic mass is 9.89. The smallest absolute Gasteiger partial charge is 0.310 e. The molecule has 1 atom stereocenters. The summed E-state index contributed by atoms with van der Waals surface area (Å²) in [5, 5.41) is 9.14. The second-order valence-corrected chi connectivity index (χ2v) is 5.24. The SMILES string of the molecule is COc1cc(Br)cc(C(C)C(=O)O)c1C(C)C. The minimum Gasteiger partial charge on any atom is -0.496 e. The molecule has 0 radical (unpaired) electrons. The number of carboxylic acid groups (broad SMARTS) is 1. The van der Waals surface area contributed by atoms with Crippen molar-refractivity contribution in [1.82, 2.24) is 0 Å². The zero-order valence-electron chi connectivity index (χ0n) is 10.5. The van der Waals surface area contributed by atoms with Crippen LogP contribution in [0.25, 0.3) is 0 Å². The number of hydrogen-bond acceptors (Lipinski definition) is 2. The number of ether oxygens (including phenoxy) is 1. The Morgan fingerprint density at radius 2 is 1.94 bits per heavy atom. The van der Waals surface area contributed by atoms with Crippen molar-refractivity contribution in [2.45, 2.75) is 32.6 Å². The molecule has 3 nitrogen and oxygen atoms in total. The average Bonchev–Trinajstić information content (AvgIpc) is 2.25. The Morgan fingerprint density at radius 3 is 2.35 bits per heavy atom. The van der Waals surface area contributed by atoms with E-state index in [1.807, 2.05) is 26.0 Å². The molecule has 0 amide bonds. The summed E-state index contributed by atoms with van der Waals surface area (Å²) in [7, 11) is 1.60. The normalized spacial score (nSPS) is 12.6. The van der Waals surface area contributed by atoms with E-state index in [-0.39, 0.29) is 5.92 Å². The van der Waals surface area contributed by atoms with Gasteiger partial charge in [0.15, 0.2) is 0 Å². The van der Waals surface area contributed by atoms with Crippen molar-refractivity contribution in [3.63, 3.8) is 0 Å². The van der Waals surface area contributed by atoms with Crippen molar-refractivity contribution in [2.75, 3.05) is 7.11 Å². The van der Waals surface area contributed by atoms with Gasteiger partial charge in [-0.05, 0) is 30.5 Å². The first-order valence-electron chi connectivity index (χ1n) is 5.48. The van der Waals surface area contributed by atoms with Crippen LogP contribution in [0.4, 0.5) is 0 Å². The fourth-order valence-electron chi connectivity index (χ4n) is 1.89. The molecular weight excluding hydrogens is 284 g/mol. The molecule has 0 fully saturated rings. The second-order valence-electron chi connectivity index (χ2n) is 4.33. The maximum atomic E-state index is 11.1. The van der Waals surface area contributed by atoms with E-state index in [4.69, 9.17) is 9.84 Å². The van der Waals surface area contributed by atoms with Crippen LogP contribution in [0.5, 0.6) is 5.75 Å². The molecule has 0 aliphatic rings. The molecule has 0 aliphatic heterocycles. The highest BCUT2D eigenvalue weighted by Gasteiger charge is 2.22. The lowest BCUT2D eigenvalue weighted by Gasteiger charge is -2.20. The molecule has 0 saturated carbocycles. The summed E-state index contributed by atoms with van der Waals surface area (Å²) in [5.41, 5.74) is 1.77. The van der Waals surface area contributed by atoms with Gasteiger partial charge in [0.1, 0.15) is 5.75 Å². The van der Waals surface area contributed by atoms with E-state index in [1.54, 1.807) is 14.0 Å². The molecule has 1 aromatic rings. The van der Waals surface area contributed by atoms with Crippen molar-refractivity contribution < 1.29 is 14.6 Å². The predicted molar refractivity (Wildman–Crippen MR) is 70.8 cm³/mol. The number of rotatable bonds is 4. The Morgan fingerprint density at radius 1 is 1.35 bits per heavy atom. The van der Waals surface area contributed by atoms with Crippen molar-refractivity contribution >= 4 is 21.9 Å². The number of benzene rings is 1. The number of carboxylic acids is 1. The highest BCUT2D eigenvalue weighted by atomic mass is 79.9. The molecule has 17 heavy (non-hydrogen) atoms. The molecule has 1 rings (SSSR count).